The Morgan fingerprint density at radius 3 is 2.25 bits per heavy atom. The number of hydrogen-bond donors (Lipinski definition) is 1. The maximum atomic E-state index is 3.55. The zero-order valence-electron chi connectivity index (χ0n) is 13.6. The summed E-state index contributed by atoms with van der Waals surface area (Å²) >= 11 is 0. The largest absolute Gasteiger partial charge is 0.311 e. The van der Waals surface area contributed by atoms with E-state index in [0.29, 0.717) is 6.04 Å². The molecule has 2 heteroatoms. The van der Waals surface area contributed by atoms with Gasteiger partial charge >= 0.3 is 0 Å². The third-order valence-electron chi connectivity index (χ3n) is 4.77. The summed E-state index contributed by atoms with van der Waals surface area (Å²) in [6, 6.07) is 9.59. The van der Waals surface area contributed by atoms with E-state index >= 15 is 0 Å². The maximum Gasteiger partial charge on any atom is 0.0499 e. The SMILES string of the molecule is CCCc1ccc(C(NC)C(C)(C)N2CCCC2)cc1. The van der Waals surface area contributed by atoms with Gasteiger partial charge in [-0.05, 0) is 64.4 Å². The first kappa shape index (κ1) is 15.5. The fourth-order valence-electron chi connectivity index (χ4n) is 3.57. The topological polar surface area (TPSA) is 15.3 Å². The highest BCUT2D eigenvalue weighted by molar-refractivity contribution is 5.27. The van der Waals surface area contributed by atoms with Crippen LogP contribution in [0.15, 0.2) is 24.3 Å². The third-order valence-corrected chi connectivity index (χ3v) is 4.77. The summed E-state index contributed by atoms with van der Waals surface area (Å²) in [4.78, 5) is 2.63. The Hall–Kier alpha value is -0.860. The Morgan fingerprint density at radius 1 is 1.15 bits per heavy atom. The van der Waals surface area contributed by atoms with Crippen molar-refractivity contribution in [1.82, 2.24) is 10.2 Å². The quantitative estimate of drug-likeness (QED) is 0.849. The molecule has 0 aromatic heterocycles. The summed E-state index contributed by atoms with van der Waals surface area (Å²) in [5, 5.41) is 3.55. The van der Waals surface area contributed by atoms with Gasteiger partial charge in [0.1, 0.15) is 0 Å². The van der Waals surface area contributed by atoms with Crippen molar-refractivity contribution in [3.05, 3.63) is 35.4 Å². The van der Waals surface area contributed by atoms with Gasteiger partial charge < -0.3 is 5.32 Å². The van der Waals surface area contributed by atoms with Gasteiger partial charge in [0, 0.05) is 11.6 Å². The van der Waals surface area contributed by atoms with Crippen molar-refractivity contribution in [1.29, 1.82) is 0 Å². The number of aryl methyl sites for hydroxylation is 1. The molecule has 0 radical (unpaired) electrons. The van der Waals surface area contributed by atoms with Crippen LogP contribution < -0.4 is 5.32 Å². The van der Waals surface area contributed by atoms with Gasteiger partial charge in [-0.3, -0.25) is 4.90 Å². The molecular formula is C18H30N2. The van der Waals surface area contributed by atoms with Gasteiger partial charge in [0.05, 0.1) is 0 Å². The van der Waals surface area contributed by atoms with Crippen molar-refractivity contribution in [2.24, 2.45) is 0 Å². The zero-order valence-corrected chi connectivity index (χ0v) is 13.6. The molecule has 1 N–H and O–H groups in total. The molecule has 20 heavy (non-hydrogen) atoms. The molecule has 2 nitrogen and oxygen atoms in total. The first-order chi connectivity index (χ1) is 9.59. The molecule has 1 fully saturated rings. The number of likely N-dealkylation sites (N-methyl/N-ethyl adjacent to an activating group) is 1. The lowest BCUT2D eigenvalue weighted by Gasteiger charge is -2.42. The summed E-state index contributed by atoms with van der Waals surface area (Å²) < 4.78 is 0. The molecule has 1 aliphatic heterocycles. The molecule has 1 aromatic carbocycles. The first-order valence-corrected chi connectivity index (χ1v) is 8.10. The molecule has 1 heterocycles. The van der Waals surface area contributed by atoms with E-state index in [1.165, 1.54) is 49.9 Å². The second-order valence-corrected chi connectivity index (χ2v) is 6.56. The lowest BCUT2D eigenvalue weighted by molar-refractivity contribution is 0.110. The molecule has 112 valence electrons. The average Bonchev–Trinajstić information content (AvgIpc) is 2.96. The Bertz CT molecular complexity index is 402. The number of benzene rings is 1. The Morgan fingerprint density at radius 2 is 1.75 bits per heavy atom. The second kappa shape index (κ2) is 6.73. The predicted molar refractivity (Wildman–Crippen MR) is 87.1 cm³/mol. The van der Waals surface area contributed by atoms with Gasteiger partial charge in [0.2, 0.25) is 0 Å². The lowest BCUT2D eigenvalue weighted by Crippen LogP contribution is -2.50. The van der Waals surface area contributed by atoms with Gasteiger partial charge in [0.25, 0.3) is 0 Å². The number of hydrogen-bond acceptors (Lipinski definition) is 2. The van der Waals surface area contributed by atoms with Gasteiger partial charge in [-0.2, -0.15) is 0 Å². The number of likely N-dealkylation sites (tertiary alicyclic amines) is 1. The molecule has 1 saturated heterocycles. The maximum absolute atomic E-state index is 3.55. The molecular weight excluding hydrogens is 244 g/mol. The summed E-state index contributed by atoms with van der Waals surface area (Å²) in [6.45, 7) is 9.46. The average molecular weight is 274 g/mol. The van der Waals surface area contributed by atoms with Crippen molar-refractivity contribution < 1.29 is 0 Å². The van der Waals surface area contributed by atoms with Crippen LogP contribution in [0.25, 0.3) is 0 Å². The Balaban J connectivity index is 2.17. The van der Waals surface area contributed by atoms with Crippen LogP contribution in [-0.2, 0) is 6.42 Å². The van der Waals surface area contributed by atoms with Crippen LogP contribution >= 0.6 is 0 Å². The van der Waals surface area contributed by atoms with Crippen LogP contribution in [0.4, 0.5) is 0 Å². The van der Waals surface area contributed by atoms with E-state index in [1.54, 1.807) is 0 Å². The van der Waals surface area contributed by atoms with E-state index in [1.807, 2.05) is 0 Å². The normalized spacial score (nSPS) is 18.4. The number of nitrogens with one attached hydrogen (secondary N) is 1. The molecule has 0 amide bonds. The van der Waals surface area contributed by atoms with Crippen LogP contribution in [0.1, 0.15) is 57.2 Å². The number of nitrogens with zero attached hydrogens (tertiary/aromatic N) is 1. The molecule has 2 rings (SSSR count). The second-order valence-electron chi connectivity index (χ2n) is 6.56. The van der Waals surface area contributed by atoms with Crippen LogP contribution in [0, 0.1) is 0 Å². The summed E-state index contributed by atoms with van der Waals surface area (Å²) in [7, 11) is 2.09. The van der Waals surface area contributed by atoms with Gasteiger partial charge in [-0.15, -0.1) is 0 Å². The van der Waals surface area contributed by atoms with Crippen molar-refractivity contribution >= 4 is 0 Å². The monoisotopic (exact) mass is 274 g/mol. The Labute approximate surface area is 124 Å². The lowest BCUT2D eigenvalue weighted by atomic mass is 9.86. The molecule has 0 saturated carbocycles. The van der Waals surface area contributed by atoms with Crippen molar-refractivity contribution in [3.63, 3.8) is 0 Å². The van der Waals surface area contributed by atoms with Crippen LogP contribution in [0.5, 0.6) is 0 Å². The van der Waals surface area contributed by atoms with Crippen LogP contribution in [0.3, 0.4) is 0 Å². The molecule has 0 aliphatic carbocycles. The minimum Gasteiger partial charge on any atom is -0.311 e. The first-order valence-electron chi connectivity index (χ1n) is 8.10. The standard InChI is InChI=1S/C18H30N2/c1-5-8-15-9-11-16(12-10-15)17(19-4)18(2,3)20-13-6-7-14-20/h9-12,17,19H,5-8,13-14H2,1-4H3. The summed E-state index contributed by atoms with van der Waals surface area (Å²) in [5.74, 6) is 0. The molecule has 1 unspecified atom stereocenters. The van der Waals surface area contributed by atoms with Gasteiger partial charge in [0.15, 0.2) is 0 Å². The third kappa shape index (κ3) is 3.24. The minimum absolute atomic E-state index is 0.164. The van der Waals surface area contributed by atoms with Crippen LogP contribution in [0.2, 0.25) is 0 Å². The van der Waals surface area contributed by atoms with Crippen molar-refractivity contribution in [3.8, 4) is 0 Å². The molecule has 0 spiro atoms. The van der Waals surface area contributed by atoms with Crippen molar-refractivity contribution in [2.45, 2.75) is 58.0 Å². The van der Waals surface area contributed by atoms with E-state index in [0.717, 1.165) is 0 Å². The number of rotatable bonds is 6. The fraction of sp³-hybridized carbons (Fsp3) is 0.667. The Kier molecular flexibility index (Phi) is 5.22. The van der Waals surface area contributed by atoms with Crippen molar-refractivity contribution in [2.75, 3.05) is 20.1 Å². The smallest absolute Gasteiger partial charge is 0.0499 e. The van der Waals surface area contributed by atoms with Gasteiger partial charge in [-0.25, -0.2) is 0 Å². The molecule has 1 aromatic rings. The highest BCUT2D eigenvalue weighted by Gasteiger charge is 2.36. The molecule has 1 atom stereocenters. The van der Waals surface area contributed by atoms with E-state index in [2.05, 4.69) is 62.3 Å². The van der Waals surface area contributed by atoms with Gasteiger partial charge in [-0.1, -0.05) is 37.6 Å². The van der Waals surface area contributed by atoms with E-state index in [9.17, 15) is 0 Å². The van der Waals surface area contributed by atoms with Crippen LogP contribution in [-0.4, -0.2) is 30.6 Å². The van der Waals surface area contributed by atoms with E-state index in [4.69, 9.17) is 0 Å². The fourth-order valence-corrected chi connectivity index (χ4v) is 3.57. The molecule has 0 bridgehead atoms. The highest BCUT2D eigenvalue weighted by atomic mass is 15.2. The van der Waals surface area contributed by atoms with E-state index < -0.39 is 0 Å². The summed E-state index contributed by atoms with van der Waals surface area (Å²) in [6.07, 6.45) is 5.08. The predicted octanol–water partition coefficient (Wildman–Crippen LogP) is 3.77. The zero-order chi connectivity index (χ0) is 14.6. The molecule has 1 aliphatic rings. The van der Waals surface area contributed by atoms with E-state index in [-0.39, 0.29) is 5.54 Å². The highest BCUT2D eigenvalue weighted by Crippen LogP contribution is 2.33. The minimum atomic E-state index is 0.164. The summed E-state index contributed by atoms with van der Waals surface area (Å²) in [5.41, 5.74) is 3.02.